The van der Waals surface area contributed by atoms with Crippen LogP contribution in [0.5, 0.6) is 0 Å². The van der Waals surface area contributed by atoms with Crippen LogP contribution in [0.4, 0.5) is 4.79 Å². The Hall–Kier alpha value is -4.59. The molecule has 6 rings (SSSR count). The topological polar surface area (TPSA) is 103 Å². The van der Waals surface area contributed by atoms with E-state index in [1.54, 1.807) is 6.33 Å². The Kier molecular flexibility index (Phi) is 6.76. The molecule has 0 unspecified atom stereocenters. The first-order valence-corrected chi connectivity index (χ1v) is 13.7. The van der Waals surface area contributed by atoms with Crippen LogP contribution in [0.15, 0.2) is 73.1 Å². The maximum absolute atomic E-state index is 13.5. The standard InChI is InChI=1S/C32H33N5O3/c1-19(2)30(36-32(39)40-3)31(38)37-14-4-5-29(37)28-17-24-15-22(10-12-25(24)35-28)20-6-8-21(9-7-20)23-11-13-26-27(16-23)34-18-33-26/h6-13,15-19,29-30,35H,4-5,14H2,1-3H3,(H,33,34)(H,36,39)/t29-,30-/m0/s1. The SMILES string of the molecule is COC(=O)N[C@H](C(=O)N1CCC[C@H]1c1cc2cc(-c3ccc(-c4ccc5nc[nH]c5c4)cc3)ccc2[nH]1)C(C)C. The number of nitrogens with one attached hydrogen (secondary N) is 3. The number of rotatable bonds is 6. The van der Waals surface area contributed by atoms with Gasteiger partial charge in [0.05, 0.1) is 30.5 Å². The molecule has 2 aromatic heterocycles. The molecule has 1 aliphatic rings. The van der Waals surface area contributed by atoms with Crippen LogP contribution < -0.4 is 5.32 Å². The van der Waals surface area contributed by atoms with Crippen LogP contribution >= 0.6 is 0 Å². The predicted octanol–water partition coefficient (Wildman–Crippen LogP) is 6.42. The second-order valence-electron chi connectivity index (χ2n) is 10.8. The molecule has 8 nitrogen and oxygen atoms in total. The number of amides is 2. The highest BCUT2D eigenvalue weighted by molar-refractivity contribution is 5.89. The Morgan fingerprint density at radius 2 is 1.65 bits per heavy atom. The van der Waals surface area contributed by atoms with Gasteiger partial charge in [0.25, 0.3) is 0 Å². The van der Waals surface area contributed by atoms with Crippen LogP contribution in [0.1, 0.15) is 38.4 Å². The van der Waals surface area contributed by atoms with Crippen LogP contribution in [0.25, 0.3) is 44.2 Å². The van der Waals surface area contributed by atoms with Crippen molar-refractivity contribution in [1.29, 1.82) is 0 Å². The van der Waals surface area contributed by atoms with Crippen molar-refractivity contribution in [3.05, 3.63) is 78.8 Å². The van der Waals surface area contributed by atoms with Gasteiger partial charge in [0.1, 0.15) is 6.04 Å². The Morgan fingerprint density at radius 1 is 0.950 bits per heavy atom. The molecule has 8 heteroatoms. The molecule has 1 fully saturated rings. The fourth-order valence-corrected chi connectivity index (χ4v) is 5.72. The number of imidazole rings is 1. The number of fused-ring (bicyclic) bond motifs is 2. The smallest absolute Gasteiger partial charge is 0.407 e. The first-order valence-electron chi connectivity index (χ1n) is 13.7. The minimum absolute atomic E-state index is 0.0575. The van der Waals surface area contributed by atoms with Gasteiger partial charge in [-0.2, -0.15) is 0 Å². The number of H-pyrrole nitrogens is 2. The van der Waals surface area contributed by atoms with Gasteiger partial charge in [-0.05, 0) is 71.3 Å². The van der Waals surface area contributed by atoms with Crippen molar-refractivity contribution >= 4 is 33.9 Å². The van der Waals surface area contributed by atoms with Crippen LogP contribution in [0, 0.1) is 5.92 Å². The Morgan fingerprint density at radius 3 is 2.38 bits per heavy atom. The molecule has 1 aliphatic heterocycles. The number of methoxy groups -OCH3 is 1. The van der Waals surface area contributed by atoms with Gasteiger partial charge in [0, 0.05) is 23.1 Å². The van der Waals surface area contributed by atoms with Crippen molar-refractivity contribution in [2.24, 2.45) is 5.92 Å². The lowest BCUT2D eigenvalue weighted by atomic mass is 9.99. The number of alkyl carbamates (subject to hydrolysis) is 1. The lowest BCUT2D eigenvalue weighted by molar-refractivity contribution is -0.135. The molecule has 0 saturated carbocycles. The summed E-state index contributed by atoms with van der Waals surface area (Å²) in [7, 11) is 1.31. The van der Waals surface area contributed by atoms with Crippen LogP contribution in [0.3, 0.4) is 0 Å². The van der Waals surface area contributed by atoms with Crippen LogP contribution in [-0.2, 0) is 9.53 Å². The van der Waals surface area contributed by atoms with Gasteiger partial charge in [-0.25, -0.2) is 9.78 Å². The minimum atomic E-state index is -0.631. The third kappa shape index (κ3) is 4.81. The summed E-state index contributed by atoms with van der Waals surface area (Å²) >= 11 is 0. The van der Waals surface area contributed by atoms with Gasteiger partial charge in [-0.3, -0.25) is 4.79 Å². The minimum Gasteiger partial charge on any atom is -0.453 e. The normalized spacial score (nSPS) is 16.1. The lowest BCUT2D eigenvalue weighted by Crippen LogP contribution is -2.51. The lowest BCUT2D eigenvalue weighted by Gasteiger charge is -2.30. The molecule has 2 atom stereocenters. The first kappa shape index (κ1) is 25.7. The van der Waals surface area contributed by atoms with Crippen molar-refractivity contribution < 1.29 is 14.3 Å². The number of aromatic nitrogens is 3. The number of hydrogen-bond donors (Lipinski definition) is 3. The van der Waals surface area contributed by atoms with E-state index in [0.717, 1.165) is 62.7 Å². The summed E-state index contributed by atoms with van der Waals surface area (Å²) in [6, 6.07) is 22.7. The number of benzene rings is 3. The van der Waals surface area contributed by atoms with E-state index in [4.69, 9.17) is 4.74 Å². The van der Waals surface area contributed by atoms with Crippen molar-refractivity contribution in [1.82, 2.24) is 25.2 Å². The third-order valence-electron chi connectivity index (χ3n) is 7.90. The summed E-state index contributed by atoms with van der Waals surface area (Å²) in [5.41, 5.74) is 8.61. The van der Waals surface area contributed by atoms with Crippen LogP contribution in [-0.4, -0.2) is 51.5 Å². The first-order chi connectivity index (χ1) is 19.4. The van der Waals surface area contributed by atoms with Gasteiger partial charge in [0.2, 0.25) is 5.91 Å². The number of ether oxygens (including phenoxy) is 1. The molecule has 0 radical (unpaired) electrons. The van der Waals surface area contributed by atoms with Crippen molar-refractivity contribution in [2.45, 2.75) is 38.8 Å². The number of hydrogen-bond acceptors (Lipinski definition) is 4. The van der Waals surface area contributed by atoms with E-state index < -0.39 is 12.1 Å². The zero-order chi connectivity index (χ0) is 27.8. The number of likely N-dealkylation sites (tertiary alicyclic amines) is 1. The highest BCUT2D eigenvalue weighted by atomic mass is 16.5. The Bertz CT molecular complexity index is 1680. The molecule has 0 aliphatic carbocycles. The fraction of sp³-hybridized carbons (Fsp3) is 0.281. The number of carbonyl (C=O) groups is 2. The zero-order valence-electron chi connectivity index (χ0n) is 22.9. The Balaban J connectivity index is 1.23. The van der Waals surface area contributed by atoms with Crippen molar-refractivity contribution in [3.63, 3.8) is 0 Å². The molecule has 0 bridgehead atoms. The molecule has 0 spiro atoms. The quantitative estimate of drug-likeness (QED) is 0.233. The zero-order valence-corrected chi connectivity index (χ0v) is 22.9. The van der Waals surface area contributed by atoms with Crippen molar-refractivity contribution in [3.8, 4) is 22.3 Å². The van der Waals surface area contributed by atoms with E-state index in [1.807, 2.05) is 24.8 Å². The molecule has 1 saturated heterocycles. The molecule has 5 aromatic rings. The summed E-state index contributed by atoms with van der Waals surface area (Å²) in [6.45, 7) is 4.52. The maximum atomic E-state index is 13.5. The van der Waals surface area contributed by atoms with Gasteiger partial charge < -0.3 is 24.9 Å². The van der Waals surface area contributed by atoms with Gasteiger partial charge >= 0.3 is 6.09 Å². The fourth-order valence-electron chi connectivity index (χ4n) is 5.72. The largest absolute Gasteiger partial charge is 0.453 e. The summed E-state index contributed by atoms with van der Waals surface area (Å²) in [4.78, 5) is 38.3. The highest BCUT2D eigenvalue weighted by Gasteiger charge is 2.36. The highest BCUT2D eigenvalue weighted by Crippen LogP contribution is 2.35. The molecule has 3 N–H and O–H groups in total. The molecule has 204 valence electrons. The molecular formula is C32H33N5O3. The average molecular weight is 536 g/mol. The van der Waals surface area contributed by atoms with E-state index in [-0.39, 0.29) is 17.9 Å². The van der Waals surface area contributed by atoms with Crippen LogP contribution in [0.2, 0.25) is 0 Å². The maximum Gasteiger partial charge on any atom is 0.407 e. The summed E-state index contributed by atoms with van der Waals surface area (Å²) in [5, 5.41) is 3.83. The van der Waals surface area contributed by atoms with Crippen molar-refractivity contribution in [2.75, 3.05) is 13.7 Å². The summed E-state index contributed by atoms with van der Waals surface area (Å²) < 4.78 is 4.75. The van der Waals surface area contributed by atoms with Gasteiger partial charge in [-0.15, -0.1) is 0 Å². The molecule has 3 aromatic carbocycles. The molecule has 40 heavy (non-hydrogen) atoms. The molecule has 2 amide bonds. The Labute approximate surface area is 232 Å². The number of aromatic amines is 2. The molecular weight excluding hydrogens is 502 g/mol. The van der Waals surface area contributed by atoms with E-state index >= 15 is 0 Å². The second-order valence-corrected chi connectivity index (χ2v) is 10.8. The third-order valence-corrected chi connectivity index (χ3v) is 7.90. The van der Waals surface area contributed by atoms with Gasteiger partial charge in [-0.1, -0.05) is 50.2 Å². The number of carbonyl (C=O) groups excluding carboxylic acids is 2. The van der Waals surface area contributed by atoms with E-state index in [0.29, 0.717) is 6.54 Å². The number of nitrogens with zero attached hydrogens (tertiary/aromatic N) is 2. The second kappa shape index (κ2) is 10.5. The van der Waals surface area contributed by atoms with E-state index in [9.17, 15) is 9.59 Å². The monoisotopic (exact) mass is 535 g/mol. The van der Waals surface area contributed by atoms with E-state index in [2.05, 4.69) is 80.9 Å². The molecule has 3 heterocycles. The van der Waals surface area contributed by atoms with Gasteiger partial charge in [0.15, 0.2) is 0 Å². The average Bonchev–Trinajstić information content (AvgIpc) is 3.73. The van der Waals surface area contributed by atoms with E-state index in [1.165, 1.54) is 7.11 Å². The predicted molar refractivity (Wildman–Crippen MR) is 157 cm³/mol. The summed E-state index contributed by atoms with van der Waals surface area (Å²) in [6.07, 6.45) is 2.92. The summed E-state index contributed by atoms with van der Waals surface area (Å²) in [5.74, 6) is -0.132.